The average molecular weight is 365 g/mol. The lowest BCUT2D eigenvalue weighted by atomic mass is 10.0. The number of hydrogen-bond donors (Lipinski definition) is 1. The molecule has 26 heavy (non-hydrogen) atoms. The van der Waals surface area contributed by atoms with Crippen molar-refractivity contribution in [1.82, 2.24) is 15.1 Å². The van der Waals surface area contributed by atoms with Gasteiger partial charge in [0.2, 0.25) is 17.7 Å². The van der Waals surface area contributed by atoms with E-state index in [1.807, 2.05) is 20.8 Å². The Hall–Kier alpha value is -1.92. The number of carbonyl (C=O) groups excluding carboxylic acids is 4. The van der Waals surface area contributed by atoms with Crippen molar-refractivity contribution in [2.45, 2.75) is 71.4 Å². The van der Waals surface area contributed by atoms with Gasteiger partial charge in [-0.1, -0.05) is 0 Å². The van der Waals surface area contributed by atoms with Crippen LogP contribution >= 0.6 is 0 Å². The average Bonchev–Trinajstić information content (AvgIpc) is 2.95. The Kier molecular flexibility index (Phi) is 6.42. The minimum absolute atomic E-state index is 0.00665. The fourth-order valence-corrected chi connectivity index (χ4v) is 3.56. The monoisotopic (exact) mass is 365 g/mol. The summed E-state index contributed by atoms with van der Waals surface area (Å²) in [7, 11) is 0. The third kappa shape index (κ3) is 5.29. The number of ketones is 1. The lowest BCUT2D eigenvalue weighted by Gasteiger charge is -2.33. The van der Waals surface area contributed by atoms with Gasteiger partial charge in [-0.15, -0.1) is 0 Å². The Morgan fingerprint density at radius 1 is 1.12 bits per heavy atom. The number of rotatable bonds is 5. The number of nitrogens with zero attached hydrogens (tertiary/aromatic N) is 2. The highest BCUT2D eigenvalue weighted by Crippen LogP contribution is 2.26. The molecule has 3 amide bonds. The third-order valence-electron chi connectivity index (χ3n) is 5.19. The number of piperidine rings is 1. The van der Waals surface area contributed by atoms with E-state index in [0.29, 0.717) is 32.5 Å². The number of Topliss-reactive ketones (excluding diaryl/α,β-unsaturated/α-hetero) is 1. The second-order valence-electron chi connectivity index (χ2n) is 8.44. The summed E-state index contributed by atoms with van der Waals surface area (Å²) in [5, 5.41) is 3.05. The van der Waals surface area contributed by atoms with Gasteiger partial charge in [0, 0.05) is 50.5 Å². The van der Waals surface area contributed by atoms with Crippen molar-refractivity contribution in [3.63, 3.8) is 0 Å². The van der Waals surface area contributed by atoms with Crippen LogP contribution in [0.1, 0.15) is 59.8 Å². The zero-order valence-corrected chi connectivity index (χ0v) is 16.3. The molecule has 7 heteroatoms. The number of likely N-dealkylation sites (tertiary alicyclic amines) is 2. The summed E-state index contributed by atoms with van der Waals surface area (Å²) in [6.07, 6.45) is 2.24. The molecule has 0 aliphatic carbocycles. The molecule has 2 rings (SSSR count). The molecule has 0 spiro atoms. The van der Waals surface area contributed by atoms with E-state index in [1.54, 1.807) is 9.80 Å². The van der Waals surface area contributed by atoms with Gasteiger partial charge in [-0.25, -0.2) is 0 Å². The summed E-state index contributed by atoms with van der Waals surface area (Å²) in [4.78, 5) is 51.2. The van der Waals surface area contributed by atoms with E-state index in [-0.39, 0.29) is 60.3 Å². The van der Waals surface area contributed by atoms with Crippen LogP contribution < -0.4 is 5.32 Å². The molecule has 2 heterocycles. The van der Waals surface area contributed by atoms with Crippen molar-refractivity contribution in [1.29, 1.82) is 0 Å². The molecule has 0 saturated carbocycles. The van der Waals surface area contributed by atoms with Crippen LogP contribution in [0.5, 0.6) is 0 Å². The van der Waals surface area contributed by atoms with Crippen molar-refractivity contribution in [2.24, 2.45) is 5.92 Å². The first-order valence-corrected chi connectivity index (χ1v) is 9.46. The highest BCUT2D eigenvalue weighted by atomic mass is 16.2. The van der Waals surface area contributed by atoms with Crippen LogP contribution in [0.25, 0.3) is 0 Å². The Bertz CT molecular complexity index is 574. The first kappa shape index (κ1) is 20.4. The van der Waals surface area contributed by atoms with Crippen LogP contribution in [0.4, 0.5) is 0 Å². The van der Waals surface area contributed by atoms with E-state index in [9.17, 15) is 19.2 Å². The molecule has 1 unspecified atom stereocenters. The van der Waals surface area contributed by atoms with Gasteiger partial charge >= 0.3 is 0 Å². The first-order chi connectivity index (χ1) is 12.1. The summed E-state index contributed by atoms with van der Waals surface area (Å²) in [6.45, 7) is 9.08. The highest BCUT2D eigenvalue weighted by molar-refractivity contribution is 5.89. The molecular formula is C19H31N3O4. The molecule has 2 saturated heterocycles. The molecule has 2 aliphatic heterocycles. The van der Waals surface area contributed by atoms with Crippen LogP contribution in [0.3, 0.4) is 0 Å². The minimum atomic E-state index is -0.294. The molecule has 0 radical (unpaired) electrons. The van der Waals surface area contributed by atoms with Crippen molar-refractivity contribution < 1.29 is 19.2 Å². The van der Waals surface area contributed by atoms with Gasteiger partial charge in [0.15, 0.2) is 0 Å². The molecular weight excluding hydrogens is 334 g/mol. The van der Waals surface area contributed by atoms with E-state index in [1.165, 1.54) is 6.92 Å². The van der Waals surface area contributed by atoms with Crippen molar-refractivity contribution in [2.75, 3.05) is 19.6 Å². The van der Waals surface area contributed by atoms with Crippen LogP contribution in [0.2, 0.25) is 0 Å². The molecule has 1 atom stereocenters. The normalized spacial score (nSPS) is 21.8. The Morgan fingerprint density at radius 2 is 1.73 bits per heavy atom. The Morgan fingerprint density at radius 3 is 2.23 bits per heavy atom. The molecule has 2 aliphatic rings. The van der Waals surface area contributed by atoms with Crippen LogP contribution in [-0.4, -0.2) is 64.5 Å². The quantitative estimate of drug-likeness (QED) is 0.791. The fraction of sp³-hybridized carbons (Fsp3) is 0.789. The second kappa shape index (κ2) is 8.18. The summed E-state index contributed by atoms with van der Waals surface area (Å²) in [5.74, 6) is -0.296. The maximum Gasteiger partial charge on any atom is 0.225 e. The van der Waals surface area contributed by atoms with Gasteiger partial charge in [0.05, 0.1) is 5.92 Å². The van der Waals surface area contributed by atoms with Gasteiger partial charge < -0.3 is 19.9 Å². The van der Waals surface area contributed by atoms with Gasteiger partial charge in [0.1, 0.15) is 5.78 Å². The van der Waals surface area contributed by atoms with Crippen molar-refractivity contribution in [3.8, 4) is 0 Å². The smallest absolute Gasteiger partial charge is 0.225 e. The molecule has 7 nitrogen and oxygen atoms in total. The van der Waals surface area contributed by atoms with E-state index < -0.39 is 0 Å². The summed E-state index contributed by atoms with van der Waals surface area (Å²) >= 11 is 0. The summed E-state index contributed by atoms with van der Waals surface area (Å²) < 4.78 is 0. The molecule has 0 aromatic heterocycles. The number of hydrogen-bond acceptors (Lipinski definition) is 4. The maximum absolute atomic E-state index is 12.5. The highest BCUT2D eigenvalue weighted by Gasteiger charge is 2.40. The van der Waals surface area contributed by atoms with E-state index >= 15 is 0 Å². The standard InChI is InChI=1S/C19H31N3O4/c1-13(23)5-6-16(24)21-9-7-15(8-10-21)20-18(26)14-11-17(25)22(12-14)19(2,3)4/h14-15H,5-12H2,1-4H3,(H,20,26). The van der Waals surface area contributed by atoms with E-state index in [0.717, 1.165) is 0 Å². The zero-order chi connectivity index (χ0) is 19.5. The van der Waals surface area contributed by atoms with Gasteiger partial charge in [-0.05, 0) is 40.5 Å². The lowest BCUT2D eigenvalue weighted by molar-refractivity contribution is -0.134. The topological polar surface area (TPSA) is 86.8 Å². The number of amides is 3. The summed E-state index contributed by atoms with van der Waals surface area (Å²) in [6, 6.07) is 0.0399. The largest absolute Gasteiger partial charge is 0.353 e. The molecule has 2 fully saturated rings. The number of nitrogens with one attached hydrogen (secondary N) is 1. The molecule has 146 valence electrons. The van der Waals surface area contributed by atoms with Crippen LogP contribution in [0.15, 0.2) is 0 Å². The summed E-state index contributed by atoms with van der Waals surface area (Å²) in [5.41, 5.74) is -0.266. The molecule has 0 bridgehead atoms. The van der Waals surface area contributed by atoms with Crippen LogP contribution in [0, 0.1) is 5.92 Å². The predicted molar refractivity (Wildman–Crippen MR) is 97.2 cm³/mol. The van der Waals surface area contributed by atoms with Crippen molar-refractivity contribution in [3.05, 3.63) is 0 Å². The third-order valence-corrected chi connectivity index (χ3v) is 5.19. The minimum Gasteiger partial charge on any atom is -0.353 e. The fourth-order valence-electron chi connectivity index (χ4n) is 3.56. The SMILES string of the molecule is CC(=O)CCC(=O)N1CCC(NC(=O)C2CC(=O)N(C(C)(C)C)C2)CC1. The second-order valence-corrected chi connectivity index (χ2v) is 8.44. The Balaban J connectivity index is 1.77. The van der Waals surface area contributed by atoms with E-state index in [4.69, 9.17) is 0 Å². The van der Waals surface area contributed by atoms with Gasteiger partial charge in [-0.2, -0.15) is 0 Å². The van der Waals surface area contributed by atoms with E-state index in [2.05, 4.69) is 5.32 Å². The Labute approximate surface area is 155 Å². The predicted octanol–water partition coefficient (Wildman–Crippen LogP) is 1.11. The van der Waals surface area contributed by atoms with Gasteiger partial charge in [-0.3, -0.25) is 14.4 Å². The number of carbonyl (C=O) groups is 4. The first-order valence-electron chi connectivity index (χ1n) is 9.46. The van der Waals surface area contributed by atoms with Gasteiger partial charge in [0.25, 0.3) is 0 Å². The molecule has 0 aromatic carbocycles. The zero-order valence-electron chi connectivity index (χ0n) is 16.3. The molecule has 1 N–H and O–H groups in total. The molecule has 0 aromatic rings. The van der Waals surface area contributed by atoms with Crippen LogP contribution in [-0.2, 0) is 19.2 Å². The van der Waals surface area contributed by atoms with Crippen molar-refractivity contribution >= 4 is 23.5 Å². The lowest BCUT2D eigenvalue weighted by Crippen LogP contribution is -2.48. The maximum atomic E-state index is 12.5.